The Morgan fingerprint density at radius 3 is 2.54 bits per heavy atom. The van der Waals surface area contributed by atoms with Crippen molar-refractivity contribution < 1.29 is 26.9 Å². The fourth-order valence-electron chi connectivity index (χ4n) is 2.62. The van der Waals surface area contributed by atoms with Crippen LogP contribution in [0.25, 0.3) is 11.1 Å². The van der Waals surface area contributed by atoms with Crippen LogP contribution in [-0.2, 0) is 31.5 Å². The third kappa shape index (κ3) is 3.28. The Hall–Kier alpha value is -3.44. The number of rotatable bonds is 3. The van der Waals surface area contributed by atoms with E-state index in [9.17, 15) is 31.9 Å². The number of anilines is 1. The Labute approximate surface area is 153 Å². The number of aryl methyl sites for hydroxylation is 1. The highest BCUT2D eigenvalue weighted by Crippen LogP contribution is 2.33. The van der Waals surface area contributed by atoms with E-state index >= 15 is 0 Å². The highest BCUT2D eigenvalue weighted by molar-refractivity contribution is 5.94. The lowest BCUT2D eigenvalue weighted by Gasteiger charge is -2.10. The second-order valence-corrected chi connectivity index (χ2v) is 5.93. The summed E-state index contributed by atoms with van der Waals surface area (Å²) in [6.45, 7) is 0. The molecule has 2 aromatic heterocycles. The molecule has 148 valence electrons. The smallest absolute Gasteiger partial charge is 0.337 e. The summed E-state index contributed by atoms with van der Waals surface area (Å²) in [5.74, 6) is -2.29. The Balaban J connectivity index is 1.91. The van der Waals surface area contributed by atoms with Crippen molar-refractivity contribution in [2.75, 3.05) is 5.32 Å². The topological polar surface area (TPSA) is 99.1 Å². The number of nitrogens with zero attached hydrogens (tertiary/aromatic N) is 3. The second kappa shape index (κ2) is 6.62. The Bertz CT molecular complexity index is 1210. The molecule has 3 rings (SSSR count). The summed E-state index contributed by atoms with van der Waals surface area (Å²) in [7, 11) is 2.58. The van der Waals surface area contributed by atoms with Crippen molar-refractivity contribution in [3.63, 3.8) is 0 Å². The molecular weight excluding hydrogens is 388 g/mol. The van der Waals surface area contributed by atoms with Gasteiger partial charge in [0, 0.05) is 19.8 Å². The molecule has 2 heterocycles. The summed E-state index contributed by atoms with van der Waals surface area (Å²) in [5, 5.41) is 5.68. The molecule has 0 saturated carbocycles. The molecule has 1 amide bonds. The van der Waals surface area contributed by atoms with Gasteiger partial charge in [-0.15, -0.1) is 0 Å². The van der Waals surface area contributed by atoms with Gasteiger partial charge in [0.1, 0.15) is 16.9 Å². The lowest BCUT2D eigenvalue weighted by molar-refractivity contribution is -0.140. The molecule has 1 aromatic carbocycles. The van der Waals surface area contributed by atoms with E-state index in [2.05, 4.69) is 10.5 Å². The highest BCUT2D eigenvalue weighted by Gasteiger charge is 2.34. The van der Waals surface area contributed by atoms with Crippen molar-refractivity contribution in [1.29, 1.82) is 0 Å². The number of carbonyl (C=O) groups excluding carboxylic acids is 1. The van der Waals surface area contributed by atoms with Gasteiger partial charge in [0.25, 0.3) is 5.56 Å². The average Bonchev–Trinajstić information content (AvgIpc) is 3.02. The quantitative estimate of drug-likeness (QED) is 0.673. The van der Waals surface area contributed by atoms with Crippen LogP contribution in [0.1, 0.15) is 11.3 Å². The summed E-state index contributed by atoms with van der Waals surface area (Å²) in [5.41, 5.74) is -3.44. The molecule has 0 radical (unpaired) electrons. The number of nitrogens with one attached hydrogen (secondary N) is 1. The largest absolute Gasteiger partial charge is 0.419 e. The number of aromatic nitrogens is 3. The van der Waals surface area contributed by atoms with Crippen LogP contribution in [0.4, 0.5) is 23.2 Å². The van der Waals surface area contributed by atoms with Crippen molar-refractivity contribution in [3.05, 3.63) is 56.1 Å². The summed E-state index contributed by atoms with van der Waals surface area (Å²) in [6.07, 6.45) is -5.44. The van der Waals surface area contributed by atoms with Crippen LogP contribution < -0.4 is 16.6 Å². The SMILES string of the molecule is Cn1c(=O)c2c(CC(=O)Nc3ccc(F)c(C(F)(F)F)c3)noc2n(C)c1=O. The fourth-order valence-corrected chi connectivity index (χ4v) is 2.62. The zero-order valence-electron chi connectivity index (χ0n) is 14.4. The molecule has 8 nitrogen and oxygen atoms in total. The standard InChI is InChI=1S/C16H12F4N4O4/c1-23-13(26)12-10(22-28-14(12)24(2)15(23)27)6-11(25)21-7-3-4-9(17)8(5-7)16(18,19)20/h3-5H,6H2,1-2H3,(H,21,25). The van der Waals surface area contributed by atoms with Crippen molar-refractivity contribution in [3.8, 4) is 0 Å². The first kappa shape index (κ1) is 19.3. The van der Waals surface area contributed by atoms with E-state index < -0.39 is 41.1 Å². The monoisotopic (exact) mass is 400 g/mol. The van der Waals surface area contributed by atoms with Crippen molar-refractivity contribution >= 4 is 22.7 Å². The molecule has 3 aromatic rings. The number of benzene rings is 1. The van der Waals surface area contributed by atoms with Gasteiger partial charge in [-0.2, -0.15) is 13.2 Å². The number of hydrogen-bond donors (Lipinski definition) is 1. The first-order chi connectivity index (χ1) is 13.0. The number of halogens is 4. The predicted octanol–water partition coefficient (Wildman–Crippen LogP) is 1.56. The summed E-state index contributed by atoms with van der Waals surface area (Å²) < 4.78 is 58.4. The molecule has 0 aliphatic carbocycles. The average molecular weight is 400 g/mol. The predicted molar refractivity (Wildman–Crippen MR) is 88.2 cm³/mol. The van der Waals surface area contributed by atoms with Crippen molar-refractivity contribution in [2.45, 2.75) is 12.6 Å². The normalized spacial score (nSPS) is 11.8. The van der Waals surface area contributed by atoms with Crippen LogP contribution in [0.3, 0.4) is 0 Å². The van der Waals surface area contributed by atoms with E-state index in [0.29, 0.717) is 12.1 Å². The Morgan fingerprint density at radius 2 is 1.89 bits per heavy atom. The van der Waals surface area contributed by atoms with E-state index in [-0.39, 0.29) is 22.5 Å². The first-order valence-electron chi connectivity index (χ1n) is 7.71. The van der Waals surface area contributed by atoms with Gasteiger partial charge in [-0.25, -0.2) is 9.18 Å². The summed E-state index contributed by atoms with van der Waals surface area (Å²) in [4.78, 5) is 36.3. The molecule has 0 aliphatic heterocycles. The summed E-state index contributed by atoms with van der Waals surface area (Å²) >= 11 is 0. The van der Waals surface area contributed by atoms with Gasteiger partial charge >= 0.3 is 11.9 Å². The van der Waals surface area contributed by atoms with E-state index in [1.807, 2.05) is 0 Å². The van der Waals surface area contributed by atoms with E-state index in [1.54, 1.807) is 0 Å². The molecule has 12 heteroatoms. The molecule has 0 saturated heterocycles. The molecule has 0 spiro atoms. The van der Waals surface area contributed by atoms with Gasteiger partial charge in [0.05, 0.1) is 12.0 Å². The van der Waals surface area contributed by atoms with Crippen LogP contribution in [0, 0.1) is 5.82 Å². The van der Waals surface area contributed by atoms with Crippen LogP contribution in [0.15, 0.2) is 32.3 Å². The van der Waals surface area contributed by atoms with Gasteiger partial charge in [-0.3, -0.25) is 18.7 Å². The van der Waals surface area contributed by atoms with Gasteiger partial charge in [-0.05, 0) is 18.2 Å². The lowest BCUT2D eigenvalue weighted by atomic mass is 10.1. The number of amides is 1. The van der Waals surface area contributed by atoms with E-state index in [0.717, 1.165) is 15.2 Å². The molecular formula is C16H12F4N4O4. The number of fused-ring (bicyclic) bond motifs is 1. The molecule has 1 N–H and O–H groups in total. The third-order valence-electron chi connectivity index (χ3n) is 4.03. The minimum absolute atomic E-state index is 0.0955. The number of alkyl halides is 3. The van der Waals surface area contributed by atoms with E-state index in [4.69, 9.17) is 4.52 Å². The molecule has 0 unspecified atom stereocenters. The lowest BCUT2D eigenvalue weighted by Crippen LogP contribution is -2.36. The van der Waals surface area contributed by atoms with Crippen LogP contribution >= 0.6 is 0 Å². The van der Waals surface area contributed by atoms with Gasteiger partial charge < -0.3 is 9.84 Å². The second-order valence-electron chi connectivity index (χ2n) is 5.93. The Morgan fingerprint density at radius 1 is 1.21 bits per heavy atom. The maximum Gasteiger partial charge on any atom is 0.419 e. The van der Waals surface area contributed by atoms with Crippen molar-refractivity contribution in [1.82, 2.24) is 14.3 Å². The molecule has 28 heavy (non-hydrogen) atoms. The minimum atomic E-state index is -4.93. The first-order valence-corrected chi connectivity index (χ1v) is 7.71. The number of carbonyl (C=O) groups is 1. The minimum Gasteiger partial charge on any atom is -0.337 e. The molecule has 0 aliphatic rings. The molecule has 0 bridgehead atoms. The number of hydrogen-bond acceptors (Lipinski definition) is 5. The Kier molecular flexibility index (Phi) is 4.57. The van der Waals surface area contributed by atoms with Gasteiger partial charge in [-0.1, -0.05) is 5.16 Å². The van der Waals surface area contributed by atoms with Crippen LogP contribution in [0.5, 0.6) is 0 Å². The third-order valence-corrected chi connectivity index (χ3v) is 4.03. The zero-order chi connectivity index (χ0) is 20.8. The van der Waals surface area contributed by atoms with Crippen LogP contribution in [-0.4, -0.2) is 20.2 Å². The molecule has 0 atom stereocenters. The zero-order valence-corrected chi connectivity index (χ0v) is 14.4. The van der Waals surface area contributed by atoms with Crippen LogP contribution in [0.2, 0.25) is 0 Å². The maximum atomic E-state index is 13.3. The van der Waals surface area contributed by atoms with Gasteiger partial charge in [0.15, 0.2) is 0 Å². The maximum absolute atomic E-state index is 13.3. The van der Waals surface area contributed by atoms with Crippen molar-refractivity contribution in [2.24, 2.45) is 14.1 Å². The highest BCUT2D eigenvalue weighted by atomic mass is 19.4. The fraction of sp³-hybridized carbons (Fsp3) is 0.250. The van der Waals surface area contributed by atoms with E-state index in [1.165, 1.54) is 14.1 Å². The molecule has 0 fully saturated rings. The van der Waals surface area contributed by atoms with Gasteiger partial charge in [0.2, 0.25) is 11.6 Å². The summed E-state index contributed by atoms with van der Waals surface area (Å²) in [6, 6.07) is 2.00.